The minimum absolute atomic E-state index is 0.0105. The Hall–Kier alpha value is -3.39. The standard InChI is InChI=1S/C21H20N2O5S/c1-15(24)22-18-8-11-20(12-9-18)29(26,27)23(14-21(25)28-2)19-10-7-16-5-3-4-6-17(16)13-19/h3-13H,14H2,1-2H3,(H,22,24). The average molecular weight is 412 g/mol. The van der Waals surface area contributed by atoms with E-state index < -0.39 is 22.5 Å². The van der Waals surface area contributed by atoms with Gasteiger partial charge >= 0.3 is 5.97 Å². The maximum absolute atomic E-state index is 13.3. The molecule has 0 heterocycles. The highest BCUT2D eigenvalue weighted by Crippen LogP contribution is 2.28. The van der Waals surface area contributed by atoms with E-state index in [-0.39, 0.29) is 10.8 Å². The van der Waals surface area contributed by atoms with Gasteiger partial charge in [0, 0.05) is 12.6 Å². The summed E-state index contributed by atoms with van der Waals surface area (Å²) in [6.45, 7) is 0.896. The molecule has 3 aromatic rings. The van der Waals surface area contributed by atoms with Gasteiger partial charge in [-0.05, 0) is 47.2 Å². The van der Waals surface area contributed by atoms with E-state index in [1.54, 1.807) is 18.2 Å². The van der Waals surface area contributed by atoms with E-state index in [0.29, 0.717) is 11.4 Å². The van der Waals surface area contributed by atoms with Crippen LogP contribution in [0.4, 0.5) is 11.4 Å². The number of rotatable bonds is 6. The SMILES string of the molecule is COC(=O)CN(c1ccc2ccccc2c1)S(=O)(=O)c1ccc(NC(C)=O)cc1. The van der Waals surface area contributed by atoms with Crippen molar-refractivity contribution in [2.75, 3.05) is 23.3 Å². The zero-order valence-electron chi connectivity index (χ0n) is 16.0. The number of carbonyl (C=O) groups is 2. The van der Waals surface area contributed by atoms with Gasteiger partial charge in [0.05, 0.1) is 17.7 Å². The number of esters is 1. The summed E-state index contributed by atoms with van der Waals surface area (Å²) in [5.41, 5.74) is 0.821. The zero-order chi connectivity index (χ0) is 21.0. The molecule has 0 radical (unpaired) electrons. The zero-order valence-corrected chi connectivity index (χ0v) is 16.8. The van der Waals surface area contributed by atoms with E-state index in [0.717, 1.165) is 15.1 Å². The lowest BCUT2D eigenvalue weighted by Crippen LogP contribution is -2.36. The van der Waals surface area contributed by atoms with Crippen LogP contribution >= 0.6 is 0 Å². The number of anilines is 2. The van der Waals surface area contributed by atoms with Crippen molar-refractivity contribution in [2.45, 2.75) is 11.8 Å². The van der Waals surface area contributed by atoms with Crippen LogP contribution in [0.1, 0.15) is 6.92 Å². The van der Waals surface area contributed by atoms with Crippen molar-refractivity contribution in [2.24, 2.45) is 0 Å². The highest BCUT2D eigenvalue weighted by atomic mass is 32.2. The molecule has 150 valence electrons. The Balaban J connectivity index is 2.04. The second-order valence-electron chi connectivity index (χ2n) is 6.32. The molecule has 1 N–H and O–H groups in total. The van der Waals surface area contributed by atoms with E-state index in [2.05, 4.69) is 5.32 Å². The topological polar surface area (TPSA) is 92.8 Å². The van der Waals surface area contributed by atoms with Crippen LogP contribution in [0.25, 0.3) is 10.8 Å². The Morgan fingerprint density at radius 1 is 0.966 bits per heavy atom. The van der Waals surface area contributed by atoms with Gasteiger partial charge in [-0.15, -0.1) is 0 Å². The first kappa shape index (κ1) is 20.3. The molecular weight excluding hydrogens is 392 g/mol. The highest BCUT2D eigenvalue weighted by Gasteiger charge is 2.27. The lowest BCUT2D eigenvalue weighted by Gasteiger charge is -2.24. The summed E-state index contributed by atoms with van der Waals surface area (Å²) in [7, 11) is -2.85. The number of fused-ring (bicyclic) bond motifs is 1. The summed E-state index contributed by atoms with van der Waals surface area (Å²) in [6.07, 6.45) is 0. The lowest BCUT2D eigenvalue weighted by molar-refractivity contribution is -0.138. The Morgan fingerprint density at radius 3 is 2.24 bits per heavy atom. The number of nitrogens with one attached hydrogen (secondary N) is 1. The summed E-state index contributed by atoms with van der Waals surface area (Å²) in [6, 6.07) is 18.4. The first-order chi connectivity index (χ1) is 13.8. The average Bonchev–Trinajstić information content (AvgIpc) is 2.71. The summed E-state index contributed by atoms with van der Waals surface area (Å²) in [5, 5.41) is 4.38. The smallest absolute Gasteiger partial charge is 0.326 e. The van der Waals surface area contributed by atoms with E-state index >= 15 is 0 Å². The van der Waals surface area contributed by atoms with Crippen LogP contribution in [0.2, 0.25) is 0 Å². The van der Waals surface area contributed by atoms with E-state index in [4.69, 9.17) is 4.74 Å². The molecule has 7 nitrogen and oxygen atoms in total. The van der Waals surface area contributed by atoms with E-state index in [9.17, 15) is 18.0 Å². The number of nitrogens with zero attached hydrogens (tertiary/aromatic N) is 1. The number of hydrogen-bond acceptors (Lipinski definition) is 5. The summed E-state index contributed by atoms with van der Waals surface area (Å²) in [5.74, 6) is -0.944. The fourth-order valence-electron chi connectivity index (χ4n) is 2.87. The van der Waals surface area contributed by atoms with Gasteiger partial charge in [-0.2, -0.15) is 0 Å². The monoisotopic (exact) mass is 412 g/mol. The van der Waals surface area contributed by atoms with Gasteiger partial charge in [-0.3, -0.25) is 13.9 Å². The minimum Gasteiger partial charge on any atom is -0.468 e. The largest absolute Gasteiger partial charge is 0.468 e. The van der Waals surface area contributed by atoms with Crippen LogP contribution < -0.4 is 9.62 Å². The van der Waals surface area contributed by atoms with Gasteiger partial charge in [0.25, 0.3) is 10.0 Å². The molecule has 3 aromatic carbocycles. The molecule has 0 aliphatic carbocycles. The van der Waals surface area contributed by atoms with Crippen LogP contribution in [-0.2, 0) is 24.3 Å². The third-order valence-corrected chi connectivity index (χ3v) is 6.07. The van der Waals surface area contributed by atoms with Gasteiger partial charge in [-0.25, -0.2) is 8.42 Å². The van der Waals surface area contributed by atoms with Crippen molar-refractivity contribution in [3.63, 3.8) is 0 Å². The van der Waals surface area contributed by atoms with E-state index in [1.807, 2.05) is 24.3 Å². The molecule has 0 atom stereocenters. The maximum Gasteiger partial charge on any atom is 0.326 e. The minimum atomic E-state index is -4.05. The molecular formula is C21H20N2O5S. The molecule has 0 fully saturated rings. The number of carbonyl (C=O) groups excluding carboxylic acids is 2. The molecule has 29 heavy (non-hydrogen) atoms. The van der Waals surface area contributed by atoms with E-state index in [1.165, 1.54) is 38.3 Å². The van der Waals surface area contributed by atoms with Crippen molar-refractivity contribution in [1.29, 1.82) is 0 Å². The predicted octanol–water partition coefficient (Wildman–Crippen LogP) is 3.17. The fourth-order valence-corrected chi connectivity index (χ4v) is 4.27. The number of sulfonamides is 1. The lowest BCUT2D eigenvalue weighted by atomic mass is 10.1. The second kappa shape index (κ2) is 8.32. The van der Waals surface area contributed by atoms with Gasteiger partial charge in [0.2, 0.25) is 5.91 Å². The van der Waals surface area contributed by atoms with Gasteiger partial charge in [-0.1, -0.05) is 30.3 Å². The highest BCUT2D eigenvalue weighted by molar-refractivity contribution is 7.92. The molecule has 3 rings (SSSR count). The molecule has 0 saturated heterocycles. The quantitative estimate of drug-likeness (QED) is 0.628. The van der Waals surface area contributed by atoms with Crippen molar-refractivity contribution >= 4 is 44.0 Å². The third kappa shape index (κ3) is 4.55. The van der Waals surface area contributed by atoms with Crippen LogP contribution in [0.15, 0.2) is 71.6 Å². The number of hydrogen-bond donors (Lipinski definition) is 1. The molecule has 0 aliphatic rings. The van der Waals surface area contributed by atoms with Crippen molar-refractivity contribution in [3.8, 4) is 0 Å². The number of amides is 1. The Labute approximate surface area is 169 Å². The van der Waals surface area contributed by atoms with Crippen molar-refractivity contribution < 1.29 is 22.7 Å². The second-order valence-corrected chi connectivity index (χ2v) is 8.19. The fraction of sp³-hybridized carbons (Fsp3) is 0.143. The molecule has 0 saturated carbocycles. The first-order valence-electron chi connectivity index (χ1n) is 8.77. The molecule has 1 amide bonds. The van der Waals surface area contributed by atoms with Crippen molar-refractivity contribution in [1.82, 2.24) is 0 Å². The summed E-state index contributed by atoms with van der Waals surface area (Å²) < 4.78 is 32.3. The van der Waals surface area contributed by atoms with Crippen LogP contribution in [0.5, 0.6) is 0 Å². The van der Waals surface area contributed by atoms with Gasteiger partial charge in [0.15, 0.2) is 0 Å². The number of benzene rings is 3. The maximum atomic E-state index is 13.3. The van der Waals surface area contributed by atoms with Gasteiger partial charge in [0.1, 0.15) is 6.54 Å². The number of ether oxygens (including phenoxy) is 1. The summed E-state index contributed by atoms with van der Waals surface area (Å²) in [4.78, 5) is 23.1. The predicted molar refractivity (Wildman–Crippen MR) is 111 cm³/mol. The Morgan fingerprint density at radius 2 is 1.62 bits per heavy atom. The Bertz CT molecular complexity index is 1160. The van der Waals surface area contributed by atoms with Crippen molar-refractivity contribution in [3.05, 3.63) is 66.7 Å². The summed E-state index contributed by atoms with van der Waals surface area (Å²) >= 11 is 0. The molecule has 0 spiro atoms. The van der Waals surface area contributed by atoms with Crippen LogP contribution in [-0.4, -0.2) is 33.9 Å². The molecule has 0 bridgehead atoms. The number of methoxy groups -OCH3 is 1. The molecule has 0 aromatic heterocycles. The third-order valence-electron chi connectivity index (χ3n) is 4.28. The first-order valence-corrected chi connectivity index (χ1v) is 10.2. The van der Waals surface area contributed by atoms with Crippen LogP contribution in [0, 0.1) is 0 Å². The molecule has 0 aliphatic heterocycles. The molecule has 8 heteroatoms. The van der Waals surface area contributed by atoms with Gasteiger partial charge < -0.3 is 10.1 Å². The molecule has 0 unspecified atom stereocenters. The Kier molecular flexibility index (Phi) is 5.84. The normalized spacial score (nSPS) is 11.1. The van der Waals surface area contributed by atoms with Crippen LogP contribution in [0.3, 0.4) is 0 Å².